The molecule has 390 valence electrons. The molecule has 0 aromatic heterocycles. The first-order chi connectivity index (χ1) is 32.1. The molecule has 12 atom stereocenters. The number of unbranched alkanes of at least 4 members (excludes halogenated alkanes) is 27. The molecular formula is C52H99NO13. The zero-order chi connectivity index (χ0) is 48.2. The molecule has 14 heteroatoms. The largest absolute Gasteiger partial charge is 0.394 e. The van der Waals surface area contributed by atoms with Gasteiger partial charge in [0.05, 0.1) is 32.0 Å². The second kappa shape index (κ2) is 39.5. The maximum atomic E-state index is 13.1. The van der Waals surface area contributed by atoms with Gasteiger partial charge in [-0.2, -0.15) is 0 Å². The fourth-order valence-corrected chi connectivity index (χ4v) is 9.06. The van der Waals surface area contributed by atoms with Crippen molar-refractivity contribution in [1.82, 2.24) is 5.32 Å². The standard InChI is InChI=1S/C52H99NO13/c1-3-5-7-9-10-11-12-13-14-15-16-17-18-19-20-21-22-23-24-25-26-27-28-29-30-32-34-36-44(57)53-40(41(56)35-33-31-8-6-4-2)39-63-51-49(62)47(60)50(43(38-55)65-51)66-52-48(61)46(59)45(58)42(37-54)64-52/h15-16,40-43,45-52,54-56,58-62H,3-14,17-39H2,1-2H3,(H,53,57)/b16-15-. The SMILES string of the molecule is CCCCCCCCCC/C=C\CCCCCCCCCCCCCCCCCC(=O)NC(COC1OC(CO)C(OC2OC(CO)C(O)C(O)C2O)C(O)C1O)C(O)CCCCCCC. The summed E-state index contributed by atoms with van der Waals surface area (Å²) in [6.45, 7) is 2.76. The average Bonchev–Trinajstić information content (AvgIpc) is 3.31. The summed E-state index contributed by atoms with van der Waals surface area (Å²) in [7, 11) is 0. The van der Waals surface area contributed by atoms with Gasteiger partial charge in [0.25, 0.3) is 0 Å². The van der Waals surface area contributed by atoms with Crippen LogP contribution in [0.1, 0.15) is 219 Å². The van der Waals surface area contributed by atoms with Crippen molar-refractivity contribution in [3.63, 3.8) is 0 Å². The lowest BCUT2D eigenvalue weighted by Crippen LogP contribution is -2.65. The van der Waals surface area contributed by atoms with E-state index in [4.69, 9.17) is 18.9 Å². The molecule has 0 saturated carbocycles. The Labute approximate surface area is 399 Å². The van der Waals surface area contributed by atoms with Crippen LogP contribution < -0.4 is 5.32 Å². The van der Waals surface area contributed by atoms with Crippen LogP contribution in [0.5, 0.6) is 0 Å². The van der Waals surface area contributed by atoms with Crippen LogP contribution in [0.15, 0.2) is 12.2 Å². The van der Waals surface area contributed by atoms with Crippen molar-refractivity contribution in [2.75, 3.05) is 19.8 Å². The quantitative estimate of drug-likeness (QED) is 0.0213. The van der Waals surface area contributed by atoms with Gasteiger partial charge < -0.3 is 65.1 Å². The highest BCUT2D eigenvalue weighted by Gasteiger charge is 2.51. The summed E-state index contributed by atoms with van der Waals surface area (Å²) in [4.78, 5) is 13.1. The van der Waals surface area contributed by atoms with E-state index >= 15 is 0 Å². The van der Waals surface area contributed by atoms with E-state index < -0.39 is 86.8 Å². The van der Waals surface area contributed by atoms with Crippen molar-refractivity contribution in [3.05, 3.63) is 12.2 Å². The van der Waals surface area contributed by atoms with Crippen LogP contribution in [0.2, 0.25) is 0 Å². The van der Waals surface area contributed by atoms with Crippen molar-refractivity contribution >= 4 is 5.91 Å². The third-order valence-corrected chi connectivity index (χ3v) is 13.5. The van der Waals surface area contributed by atoms with Gasteiger partial charge >= 0.3 is 0 Å². The summed E-state index contributed by atoms with van der Waals surface area (Å²) >= 11 is 0. The number of hydrogen-bond acceptors (Lipinski definition) is 13. The lowest BCUT2D eigenvalue weighted by molar-refractivity contribution is -0.359. The third-order valence-electron chi connectivity index (χ3n) is 13.5. The normalized spacial score (nSPS) is 26.8. The van der Waals surface area contributed by atoms with E-state index in [-0.39, 0.29) is 12.5 Å². The number of aliphatic hydroxyl groups excluding tert-OH is 8. The van der Waals surface area contributed by atoms with Gasteiger partial charge in [-0.3, -0.25) is 4.79 Å². The molecule has 0 bridgehead atoms. The molecule has 12 unspecified atom stereocenters. The van der Waals surface area contributed by atoms with E-state index in [9.17, 15) is 45.6 Å². The molecule has 9 N–H and O–H groups in total. The Hall–Kier alpha value is -1.27. The summed E-state index contributed by atoms with van der Waals surface area (Å²) in [6, 6.07) is -0.820. The summed E-state index contributed by atoms with van der Waals surface area (Å²) in [6.07, 6.45) is 25.8. The molecular weight excluding hydrogens is 847 g/mol. The number of allylic oxidation sites excluding steroid dienone is 2. The fraction of sp³-hybridized carbons (Fsp3) is 0.942. The molecule has 2 heterocycles. The monoisotopic (exact) mass is 946 g/mol. The van der Waals surface area contributed by atoms with Crippen LogP contribution in [0, 0.1) is 0 Å². The number of hydrogen-bond donors (Lipinski definition) is 9. The number of nitrogens with one attached hydrogen (secondary N) is 1. The van der Waals surface area contributed by atoms with Crippen LogP contribution >= 0.6 is 0 Å². The number of carbonyl (C=O) groups excluding carboxylic acids is 1. The Morgan fingerprint density at radius 1 is 0.530 bits per heavy atom. The molecule has 2 rings (SSSR count). The van der Waals surface area contributed by atoms with Crippen molar-refractivity contribution in [2.24, 2.45) is 0 Å². The minimum Gasteiger partial charge on any atom is -0.394 e. The third kappa shape index (κ3) is 26.1. The first-order valence-corrected chi connectivity index (χ1v) is 26.9. The van der Waals surface area contributed by atoms with Crippen LogP contribution in [-0.4, -0.2) is 140 Å². The van der Waals surface area contributed by atoms with Gasteiger partial charge in [-0.25, -0.2) is 0 Å². The van der Waals surface area contributed by atoms with Crippen molar-refractivity contribution in [3.8, 4) is 0 Å². The lowest BCUT2D eigenvalue weighted by atomic mass is 9.97. The minimum absolute atomic E-state index is 0.211. The number of rotatable bonds is 42. The van der Waals surface area contributed by atoms with Gasteiger partial charge in [0.2, 0.25) is 5.91 Å². The Kier molecular flexibility index (Phi) is 36.4. The Bertz CT molecular complexity index is 1160. The Morgan fingerprint density at radius 2 is 0.955 bits per heavy atom. The van der Waals surface area contributed by atoms with Gasteiger partial charge in [-0.15, -0.1) is 0 Å². The zero-order valence-corrected chi connectivity index (χ0v) is 41.5. The first-order valence-electron chi connectivity index (χ1n) is 26.9. The molecule has 0 aromatic carbocycles. The van der Waals surface area contributed by atoms with Gasteiger partial charge in [0.1, 0.15) is 48.8 Å². The predicted octanol–water partition coefficient (Wildman–Crippen LogP) is 7.55. The molecule has 2 aliphatic rings. The fourth-order valence-electron chi connectivity index (χ4n) is 9.06. The van der Waals surface area contributed by atoms with E-state index in [0.717, 1.165) is 57.8 Å². The Balaban J connectivity index is 1.60. The molecule has 66 heavy (non-hydrogen) atoms. The van der Waals surface area contributed by atoms with E-state index in [1.54, 1.807) is 0 Å². The highest BCUT2D eigenvalue weighted by molar-refractivity contribution is 5.76. The van der Waals surface area contributed by atoms with Crippen LogP contribution in [0.4, 0.5) is 0 Å². The first kappa shape index (κ1) is 60.9. The second-order valence-electron chi connectivity index (χ2n) is 19.4. The smallest absolute Gasteiger partial charge is 0.220 e. The highest BCUT2D eigenvalue weighted by atomic mass is 16.7. The topological polar surface area (TPSA) is 228 Å². The highest BCUT2D eigenvalue weighted by Crippen LogP contribution is 2.30. The van der Waals surface area contributed by atoms with Gasteiger partial charge in [-0.05, 0) is 38.5 Å². The molecule has 14 nitrogen and oxygen atoms in total. The van der Waals surface area contributed by atoms with Crippen LogP contribution in [0.3, 0.4) is 0 Å². The molecule has 0 spiro atoms. The maximum Gasteiger partial charge on any atom is 0.220 e. The molecule has 2 saturated heterocycles. The number of ether oxygens (including phenoxy) is 4. The van der Waals surface area contributed by atoms with Crippen LogP contribution in [0.25, 0.3) is 0 Å². The summed E-state index contributed by atoms with van der Waals surface area (Å²) < 4.78 is 22.6. The molecule has 0 aliphatic carbocycles. The maximum absolute atomic E-state index is 13.1. The van der Waals surface area contributed by atoms with Gasteiger partial charge in [0, 0.05) is 6.42 Å². The minimum atomic E-state index is -1.78. The van der Waals surface area contributed by atoms with Crippen molar-refractivity contribution in [1.29, 1.82) is 0 Å². The van der Waals surface area contributed by atoms with Crippen LogP contribution in [-0.2, 0) is 23.7 Å². The molecule has 0 radical (unpaired) electrons. The van der Waals surface area contributed by atoms with Gasteiger partial charge in [0.15, 0.2) is 12.6 Å². The molecule has 1 amide bonds. The lowest BCUT2D eigenvalue weighted by Gasteiger charge is -2.46. The summed E-state index contributed by atoms with van der Waals surface area (Å²) in [5.74, 6) is -0.211. The molecule has 0 aromatic rings. The van der Waals surface area contributed by atoms with E-state index in [1.807, 2.05) is 0 Å². The van der Waals surface area contributed by atoms with E-state index in [1.165, 1.54) is 135 Å². The number of carbonyl (C=O) groups is 1. The summed E-state index contributed by atoms with van der Waals surface area (Å²) in [5.41, 5.74) is 0. The average molecular weight is 946 g/mol. The second-order valence-corrected chi connectivity index (χ2v) is 19.4. The number of aliphatic hydroxyl groups is 8. The van der Waals surface area contributed by atoms with E-state index in [2.05, 4.69) is 31.3 Å². The molecule has 2 fully saturated rings. The van der Waals surface area contributed by atoms with Crippen molar-refractivity contribution in [2.45, 2.75) is 293 Å². The van der Waals surface area contributed by atoms with Gasteiger partial charge in [-0.1, -0.05) is 187 Å². The summed E-state index contributed by atoms with van der Waals surface area (Å²) in [5, 5.41) is 86.4. The Morgan fingerprint density at radius 3 is 1.44 bits per heavy atom. The predicted molar refractivity (Wildman–Crippen MR) is 259 cm³/mol. The van der Waals surface area contributed by atoms with E-state index in [0.29, 0.717) is 12.8 Å². The van der Waals surface area contributed by atoms with Crippen molar-refractivity contribution < 1.29 is 64.6 Å². The number of amides is 1. The molecule has 2 aliphatic heterocycles. The zero-order valence-electron chi connectivity index (χ0n) is 41.5.